The van der Waals surface area contributed by atoms with Gasteiger partial charge < -0.3 is 0 Å². The van der Waals surface area contributed by atoms with Crippen LogP contribution in [0.5, 0.6) is 0 Å². The molecule has 0 aliphatic carbocycles. The van der Waals surface area contributed by atoms with Crippen LogP contribution in [0.25, 0.3) is 0 Å². The fourth-order valence-corrected chi connectivity index (χ4v) is 2.23. The first-order valence-corrected chi connectivity index (χ1v) is 6.87. The van der Waals surface area contributed by atoms with Crippen LogP contribution in [0.1, 0.15) is 63.9 Å². The van der Waals surface area contributed by atoms with Crippen molar-refractivity contribution in [3.8, 4) is 0 Å². The maximum absolute atomic E-state index is 12.1. The smallest absolute Gasteiger partial charge is 0.140 e. The highest BCUT2D eigenvalue weighted by Crippen LogP contribution is 2.22. The topological polar surface area (TPSA) is 17.1 Å². The summed E-state index contributed by atoms with van der Waals surface area (Å²) in [6.45, 7) is 4.29. The number of benzene rings is 1. The van der Waals surface area contributed by atoms with E-state index in [1.54, 1.807) is 0 Å². The second-order valence-electron chi connectivity index (χ2n) is 4.65. The number of hydrogen-bond donors (Lipinski definition) is 0. The molecule has 94 valence electrons. The monoisotopic (exact) mass is 232 g/mol. The van der Waals surface area contributed by atoms with Crippen LogP contribution in [0.15, 0.2) is 30.3 Å². The lowest BCUT2D eigenvalue weighted by molar-refractivity contribution is -0.120. The van der Waals surface area contributed by atoms with E-state index in [1.807, 2.05) is 18.2 Å². The zero-order chi connectivity index (χ0) is 12.5. The highest BCUT2D eigenvalue weighted by atomic mass is 16.1. The van der Waals surface area contributed by atoms with E-state index in [0.29, 0.717) is 5.78 Å². The predicted octanol–water partition coefficient (Wildman–Crippen LogP) is 4.72. The van der Waals surface area contributed by atoms with Gasteiger partial charge in [0.1, 0.15) is 5.78 Å². The zero-order valence-corrected chi connectivity index (χ0v) is 11.1. The Kier molecular flexibility index (Phi) is 6.61. The first-order valence-electron chi connectivity index (χ1n) is 6.87. The standard InChI is InChI=1S/C16H24O/c1-3-5-6-10-13-16(17)15(4-2)14-11-8-7-9-12-14/h7-9,11-12,15H,3-6,10,13H2,1-2H3. The van der Waals surface area contributed by atoms with Gasteiger partial charge in [0.15, 0.2) is 0 Å². The zero-order valence-electron chi connectivity index (χ0n) is 11.1. The van der Waals surface area contributed by atoms with Crippen molar-refractivity contribution in [1.82, 2.24) is 0 Å². The first-order chi connectivity index (χ1) is 8.29. The molecule has 0 spiro atoms. The van der Waals surface area contributed by atoms with E-state index in [2.05, 4.69) is 26.0 Å². The van der Waals surface area contributed by atoms with Crippen molar-refractivity contribution in [3.05, 3.63) is 35.9 Å². The highest BCUT2D eigenvalue weighted by molar-refractivity contribution is 5.85. The quantitative estimate of drug-likeness (QED) is 0.593. The van der Waals surface area contributed by atoms with Crippen molar-refractivity contribution >= 4 is 5.78 Å². The number of hydrogen-bond acceptors (Lipinski definition) is 1. The Morgan fingerprint density at radius 2 is 1.76 bits per heavy atom. The molecule has 17 heavy (non-hydrogen) atoms. The Morgan fingerprint density at radius 1 is 1.06 bits per heavy atom. The molecule has 1 nitrogen and oxygen atoms in total. The summed E-state index contributed by atoms with van der Waals surface area (Å²) in [5, 5.41) is 0. The molecule has 1 rings (SSSR count). The number of carbonyl (C=O) groups excluding carboxylic acids is 1. The molecule has 0 radical (unpaired) electrons. The first kappa shape index (κ1) is 14.0. The third-order valence-corrected chi connectivity index (χ3v) is 3.28. The van der Waals surface area contributed by atoms with Crippen molar-refractivity contribution in [2.75, 3.05) is 0 Å². The van der Waals surface area contributed by atoms with E-state index in [-0.39, 0.29) is 5.92 Å². The van der Waals surface area contributed by atoms with Gasteiger partial charge in [0.05, 0.1) is 0 Å². The van der Waals surface area contributed by atoms with Gasteiger partial charge in [-0.3, -0.25) is 4.79 Å². The predicted molar refractivity (Wildman–Crippen MR) is 73.2 cm³/mol. The van der Waals surface area contributed by atoms with Crippen LogP contribution in [0, 0.1) is 0 Å². The summed E-state index contributed by atoms with van der Waals surface area (Å²) in [6, 6.07) is 10.2. The van der Waals surface area contributed by atoms with E-state index in [4.69, 9.17) is 0 Å². The summed E-state index contributed by atoms with van der Waals surface area (Å²) >= 11 is 0. The van der Waals surface area contributed by atoms with Crippen LogP contribution in [0.2, 0.25) is 0 Å². The van der Waals surface area contributed by atoms with Gasteiger partial charge in [-0.2, -0.15) is 0 Å². The molecule has 0 saturated carbocycles. The normalized spacial score (nSPS) is 12.4. The van der Waals surface area contributed by atoms with Crippen LogP contribution < -0.4 is 0 Å². The molecule has 0 N–H and O–H groups in total. The molecule has 0 heterocycles. The van der Waals surface area contributed by atoms with Crippen molar-refractivity contribution < 1.29 is 4.79 Å². The van der Waals surface area contributed by atoms with Gasteiger partial charge in [0, 0.05) is 12.3 Å². The van der Waals surface area contributed by atoms with Gasteiger partial charge >= 0.3 is 0 Å². The van der Waals surface area contributed by atoms with Crippen LogP contribution >= 0.6 is 0 Å². The molecule has 0 aliphatic rings. The molecular formula is C16H24O. The van der Waals surface area contributed by atoms with Gasteiger partial charge in [0.2, 0.25) is 0 Å². The number of ketones is 1. The van der Waals surface area contributed by atoms with Gasteiger partial charge in [-0.15, -0.1) is 0 Å². The van der Waals surface area contributed by atoms with Crippen molar-refractivity contribution in [3.63, 3.8) is 0 Å². The molecule has 0 aromatic heterocycles. The maximum atomic E-state index is 12.1. The summed E-state index contributed by atoms with van der Waals surface area (Å²) in [5.74, 6) is 0.521. The number of rotatable bonds is 8. The van der Waals surface area contributed by atoms with Crippen molar-refractivity contribution in [2.24, 2.45) is 0 Å². The second-order valence-corrected chi connectivity index (χ2v) is 4.65. The van der Waals surface area contributed by atoms with Crippen LogP contribution in [-0.4, -0.2) is 5.78 Å². The SMILES string of the molecule is CCCCCCC(=O)C(CC)c1ccccc1. The van der Waals surface area contributed by atoms with E-state index >= 15 is 0 Å². The molecule has 0 saturated heterocycles. The summed E-state index contributed by atoms with van der Waals surface area (Å²) < 4.78 is 0. The molecule has 0 bridgehead atoms. The van der Waals surface area contributed by atoms with Crippen molar-refractivity contribution in [2.45, 2.75) is 58.3 Å². The van der Waals surface area contributed by atoms with E-state index < -0.39 is 0 Å². The summed E-state index contributed by atoms with van der Waals surface area (Å²) in [5.41, 5.74) is 1.18. The van der Waals surface area contributed by atoms with E-state index in [1.165, 1.54) is 24.8 Å². The molecule has 0 fully saturated rings. The number of Topliss-reactive ketones (excluding diaryl/α,β-unsaturated/α-hetero) is 1. The minimum atomic E-state index is 0.109. The van der Waals surface area contributed by atoms with E-state index in [0.717, 1.165) is 19.3 Å². The molecular weight excluding hydrogens is 208 g/mol. The molecule has 1 aromatic carbocycles. The molecule has 0 amide bonds. The maximum Gasteiger partial charge on any atom is 0.140 e. The van der Waals surface area contributed by atoms with E-state index in [9.17, 15) is 4.79 Å². The minimum Gasteiger partial charge on any atom is -0.299 e. The lowest BCUT2D eigenvalue weighted by Gasteiger charge is -2.13. The average Bonchev–Trinajstić information content (AvgIpc) is 2.37. The minimum absolute atomic E-state index is 0.109. The lowest BCUT2D eigenvalue weighted by Crippen LogP contribution is -2.11. The fraction of sp³-hybridized carbons (Fsp3) is 0.562. The summed E-state index contributed by atoms with van der Waals surface area (Å²) in [6.07, 6.45) is 6.37. The third-order valence-electron chi connectivity index (χ3n) is 3.28. The second kappa shape index (κ2) is 8.05. The Hall–Kier alpha value is -1.11. The van der Waals surface area contributed by atoms with Crippen LogP contribution in [0.4, 0.5) is 0 Å². The van der Waals surface area contributed by atoms with Gasteiger partial charge in [-0.05, 0) is 18.4 Å². The van der Waals surface area contributed by atoms with Gasteiger partial charge in [0.25, 0.3) is 0 Å². The fourth-order valence-electron chi connectivity index (χ4n) is 2.23. The molecule has 1 heteroatoms. The average molecular weight is 232 g/mol. The lowest BCUT2D eigenvalue weighted by atomic mass is 9.89. The Balaban J connectivity index is 2.48. The number of unbranched alkanes of at least 4 members (excludes halogenated alkanes) is 3. The Bertz CT molecular complexity index is 316. The van der Waals surface area contributed by atoms with Crippen molar-refractivity contribution in [1.29, 1.82) is 0 Å². The summed E-state index contributed by atoms with van der Waals surface area (Å²) in [7, 11) is 0. The molecule has 0 aliphatic heterocycles. The van der Waals surface area contributed by atoms with Crippen LogP contribution in [-0.2, 0) is 4.79 Å². The number of carbonyl (C=O) groups is 1. The van der Waals surface area contributed by atoms with Gasteiger partial charge in [-0.1, -0.05) is 63.4 Å². The Morgan fingerprint density at radius 3 is 2.35 bits per heavy atom. The molecule has 1 aromatic rings. The summed E-state index contributed by atoms with van der Waals surface area (Å²) in [4.78, 5) is 12.1. The highest BCUT2D eigenvalue weighted by Gasteiger charge is 2.17. The molecule has 1 atom stereocenters. The van der Waals surface area contributed by atoms with Gasteiger partial charge in [-0.25, -0.2) is 0 Å². The molecule has 1 unspecified atom stereocenters. The third kappa shape index (κ3) is 4.72. The Labute approximate surface area is 105 Å². The van der Waals surface area contributed by atoms with Crippen LogP contribution in [0.3, 0.4) is 0 Å². The largest absolute Gasteiger partial charge is 0.299 e.